The van der Waals surface area contributed by atoms with E-state index >= 15 is 0 Å². The number of carbonyl (C=O) groups is 1. The van der Waals surface area contributed by atoms with E-state index in [-0.39, 0.29) is 12.5 Å². The number of nitrogens with zero attached hydrogens (tertiary/aromatic N) is 1. The Morgan fingerprint density at radius 3 is 2.72 bits per heavy atom. The number of hydrogen-bond acceptors (Lipinski definition) is 4. The highest BCUT2D eigenvalue weighted by atomic mass is 32.1. The number of carbonyl (C=O) groups excluding carboxylic acids is 1. The molecule has 0 spiro atoms. The molecule has 1 amide bonds. The van der Waals surface area contributed by atoms with Gasteiger partial charge in [0.15, 0.2) is 0 Å². The summed E-state index contributed by atoms with van der Waals surface area (Å²) in [4.78, 5) is 17.0. The number of aromatic nitrogens is 1. The first-order valence-electron chi connectivity index (χ1n) is 6.45. The van der Waals surface area contributed by atoms with E-state index in [2.05, 4.69) is 24.1 Å². The second-order valence-corrected chi connectivity index (χ2v) is 6.38. The van der Waals surface area contributed by atoms with E-state index in [1.165, 1.54) is 11.3 Å². The molecule has 1 saturated carbocycles. The molecule has 1 fully saturated rings. The first kappa shape index (κ1) is 13.5. The van der Waals surface area contributed by atoms with Crippen molar-refractivity contribution in [2.24, 2.45) is 0 Å². The molecule has 100 valence electrons. The van der Waals surface area contributed by atoms with Crippen molar-refractivity contribution in [1.82, 2.24) is 10.3 Å². The molecule has 0 aliphatic heterocycles. The standard InChI is InChI=1S/C13H20N2O2S/c1-9(2)12-14-7-10(18-12)11(17)15-13(8-16)5-3-4-6-13/h7,9,16H,3-6,8H2,1-2H3,(H,15,17). The van der Waals surface area contributed by atoms with Gasteiger partial charge in [-0.25, -0.2) is 4.98 Å². The smallest absolute Gasteiger partial charge is 0.263 e. The Hall–Kier alpha value is -0.940. The number of hydrogen-bond donors (Lipinski definition) is 2. The Labute approximate surface area is 111 Å². The molecule has 2 rings (SSSR count). The highest BCUT2D eigenvalue weighted by molar-refractivity contribution is 7.13. The van der Waals surface area contributed by atoms with Crippen LogP contribution in [0.4, 0.5) is 0 Å². The van der Waals surface area contributed by atoms with Crippen LogP contribution < -0.4 is 5.32 Å². The fourth-order valence-corrected chi connectivity index (χ4v) is 3.15. The quantitative estimate of drug-likeness (QED) is 0.880. The third kappa shape index (κ3) is 2.72. The number of rotatable bonds is 4. The van der Waals surface area contributed by atoms with Gasteiger partial charge in [0, 0.05) is 5.92 Å². The fourth-order valence-electron chi connectivity index (χ4n) is 2.34. The summed E-state index contributed by atoms with van der Waals surface area (Å²) in [5.41, 5.74) is -0.404. The molecular weight excluding hydrogens is 248 g/mol. The first-order valence-corrected chi connectivity index (χ1v) is 7.27. The maximum atomic E-state index is 12.1. The summed E-state index contributed by atoms with van der Waals surface area (Å²) in [5, 5.41) is 13.4. The van der Waals surface area contributed by atoms with Gasteiger partial charge in [-0.05, 0) is 12.8 Å². The number of aliphatic hydroxyl groups is 1. The van der Waals surface area contributed by atoms with Gasteiger partial charge in [0.25, 0.3) is 5.91 Å². The van der Waals surface area contributed by atoms with Gasteiger partial charge in [-0.15, -0.1) is 11.3 Å². The normalized spacial score (nSPS) is 18.2. The number of nitrogens with one attached hydrogen (secondary N) is 1. The Kier molecular flexibility index (Phi) is 4.02. The number of thiazole rings is 1. The summed E-state index contributed by atoms with van der Waals surface area (Å²) in [6.07, 6.45) is 5.51. The number of amides is 1. The monoisotopic (exact) mass is 268 g/mol. The van der Waals surface area contributed by atoms with Gasteiger partial charge < -0.3 is 10.4 Å². The van der Waals surface area contributed by atoms with E-state index in [4.69, 9.17) is 0 Å². The van der Waals surface area contributed by atoms with Crippen LogP contribution in [0.5, 0.6) is 0 Å². The van der Waals surface area contributed by atoms with Gasteiger partial charge in [0.2, 0.25) is 0 Å². The van der Waals surface area contributed by atoms with E-state index in [1.54, 1.807) is 6.20 Å². The van der Waals surface area contributed by atoms with Crippen LogP contribution >= 0.6 is 11.3 Å². The average molecular weight is 268 g/mol. The van der Waals surface area contributed by atoms with E-state index in [0.29, 0.717) is 10.8 Å². The minimum absolute atomic E-state index is 0.0224. The summed E-state index contributed by atoms with van der Waals surface area (Å²) >= 11 is 1.44. The van der Waals surface area contributed by atoms with E-state index < -0.39 is 5.54 Å². The van der Waals surface area contributed by atoms with Crippen molar-refractivity contribution in [3.63, 3.8) is 0 Å². The van der Waals surface area contributed by atoms with Crippen molar-refractivity contribution < 1.29 is 9.90 Å². The Bertz CT molecular complexity index is 422. The third-order valence-electron chi connectivity index (χ3n) is 3.48. The van der Waals surface area contributed by atoms with Crippen molar-refractivity contribution in [1.29, 1.82) is 0 Å². The van der Waals surface area contributed by atoms with Crippen molar-refractivity contribution in [2.45, 2.75) is 51.0 Å². The van der Waals surface area contributed by atoms with Crippen LogP contribution in [0.25, 0.3) is 0 Å². The topological polar surface area (TPSA) is 62.2 Å². The molecular formula is C13H20N2O2S. The molecule has 1 aromatic rings. The van der Waals surface area contributed by atoms with Crippen LogP contribution in [-0.2, 0) is 0 Å². The van der Waals surface area contributed by atoms with Crippen LogP contribution in [0.2, 0.25) is 0 Å². The Morgan fingerprint density at radius 1 is 1.56 bits per heavy atom. The molecule has 0 unspecified atom stereocenters. The zero-order chi connectivity index (χ0) is 13.2. The van der Waals surface area contributed by atoms with Crippen LogP contribution in [0.3, 0.4) is 0 Å². The molecule has 0 saturated heterocycles. The Balaban J connectivity index is 2.06. The molecule has 1 aliphatic rings. The lowest BCUT2D eigenvalue weighted by Gasteiger charge is -2.27. The molecule has 0 bridgehead atoms. The summed E-state index contributed by atoms with van der Waals surface area (Å²) in [7, 11) is 0. The molecule has 0 aromatic carbocycles. The van der Waals surface area contributed by atoms with E-state index in [1.807, 2.05) is 0 Å². The second-order valence-electron chi connectivity index (χ2n) is 5.32. The van der Waals surface area contributed by atoms with Crippen LogP contribution in [0.1, 0.15) is 60.1 Å². The molecule has 4 nitrogen and oxygen atoms in total. The molecule has 1 aliphatic carbocycles. The lowest BCUT2D eigenvalue weighted by molar-refractivity contribution is 0.0842. The minimum atomic E-state index is -0.404. The predicted molar refractivity (Wildman–Crippen MR) is 72.0 cm³/mol. The zero-order valence-electron chi connectivity index (χ0n) is 10.9. The largest absolute Gasteiger partial charge is 0.394 e. The third-order valence-corrected chi connectivity index (χ3v) is 4.78. The predicted octanol–water partition coefficient (Wildman–Crippen LogP) is 2.30. The van der Waals surface area contributed by atoms with Crippen molar-refractivity contribution in [3.05, 3.63) is 16.1 Å². The van der Waals surface area contributed by atoms with Gasteiger partial charge in [0.1, 0.15) is 4.88 Å². The van der Waals surface area contributed by atoms with Crippen molar-refractivity contribution >= 4 is 17.2 Å². The average Bonchev–Trinajstić information content (AvgIpc) is 2.98. The van der Waals surface area contributed by atoms with Gasteiger partial charge in [-0.1, -0.05) is 26.7 Å². The molecule has 0 atom stereocenters. The molecule has 1 heterocycles. The van der Waals surface area contributed by atoms with Crippen LogP contribution in [0, 0.1) is 0 Å². The van der Waals surface area contributed by atoms with Crippen LogP contribution in [0.15, 0.2) is 6.20 Å². The molecule has 1 aromatic heterocycles. The van der Waals surface area contributed by atoms with Gasteiger partial charge in [-0.2, -0.15) is 0 Å². The molecule has 18 heavy (non-hydrogen) atoms. The minimum Gasteiger partial charge on any atom is -0.394 e. The SMILES string of the molecule is CC(C)c1ncc(C(=O)NC2(CO)CCCC2)s1. The van der Waals surface area contributed by atoms with Gasteiger partial charge >= 0.3 is 0 Å². The summed E-state index contributed by atoms with van der Waals surface area (Å²) in [6.45, 7) is 4.15. The Morgan fingerprint density at radius 2 is 2.22 bits per heavy atom. The summed E-state index contributed by atoms with van der Waals surface area (Å²) in [6, 6.07) is 0. The maximum absolute atomic E-state index is 12.1. The van der Waals surface area contributed by atoms with Crippen molar-refractivity contribution in [2.75, 3.05) is 6.61 Å². The summed E-state index contributed by atoms with van der Waals surface area (Å²) in [5.74, 6) is 0.241. The lowest BCUT2D eigenvalue weighted by atomic mass is 9.99. The van der Waals surface area contributed by atoms with Gasteiger partial charge in [0.05, 0.1) is 23.4 Å². The van der Waals surface area contributed by atoms with Gasteiger partial charge in [-0.3, -0.25) is 4.79 Å². The first-order chi connectivity index (χ1) is 8.56. The van der Waals surface area contributed by atoms with E-state index in [0.717, 1.165) is 30.7 Å². The van der Waals surface area contributed by atoms with Crippen LogP contribution in [-0.4, -0.2) is 28.1 Å². The fraction of sp³-hybridized carbons (Fsp3) is 0.692. The highest BCUT2D eigenvalue weighted by Gasteiger charge is 2.35. The summed E-state index contributed by atoms with van der Waals surface area (Å²) < 4.78 is 0. The maximum Gasteiger partial charge on any atom is 0.263 e. The molecule has 2 N–H and O–H groups in total. The molecule has 5 heteroatoms. The second kappa shape index (κ2) is 5.36. The zero-order valence-corrected chi connectivity index (χ0v) is 11.7. The van der Waals surface area contributed by atoms with E-state index in [9.17, 15) is 9.90 Å². The van der Waals surface area contributed by atoms with Crippen molar-refractivity contribution in [3.8, 4) is 0 Å². The highest BCUT2D eigenvalue weighted by Crippen LogP contribution is 2.30. The lowest BCUT2D eigenvalue weighted by Crippen LogP contribution is -2.49. The number of aliphatic hydroxyl groups excluding tert-OH is 1. The molecule has 0 radical (unpaired) electrons.